The minimum absolute atomic E-state index is 0.106. The van der Waals surface area contributed by atoms with Crippen molar-refractivity contribution < 1.29 is 18.7 Å². The lowest BCUT2D eigenvalue weighted by atomic mass is 10.1. The molecule has 170 valence electrons. The fourth-order valence-corrected chi connectivity index (χ4v) is 3.78. The molecule has 1 N–H and O–H groups in total. The maximum atomic E-state index is 14.6. The largest absolute Gasteiger partial charge is 0.489 e. The number of nitrogens with one attached hydrogen (secondary N) is 1. The maximum Gasteiger partial charge on any atom is 0.293 e. The summed E-state index contributed by atoms with van der Waals surface area (Å²) < 4.78 is 20.4. The van der Waals surface area contributed by atoms with Crippen LogP contribution in [0.25, 0.3) is 0 Å². The first-order chi connectivity index (χ1) is 16.0. The number of nitrogens with zero attached hydrogens (tertiary/aromatic N) is 6. The van der Waals surface area contributed by atoms with Gasteiger partial charge in [0.1, 0.15) is 24.2 Å². The summed E-state index contributed by atoms with van der Waals surface area (Å²) in [5.41, 5.74) is 1.71. The number of amides is 2. The molecule has 2 aromatic carbocycles. The van der Waals surface area contributed by atoms with Crippen LogP contribution in [-0.2, 0) is 11.3 Å². The molecule has 2 aliphatic heterocycles. The van der Waals surface area contributed by atoms with Crippen LogP contribution in [0.3, 0.4) is 0 Å². The van der Waals surface area contributed by atoms with Crippen molar-refractivity contribution in [3.63, 3.8) is 0 Å². The smallest absolute Gasteiger partial charge is 0.293 e. The van der Waals surface area contributed by atoms with Gasteiger partial charge in [-0.15, -0.1) is 10.2 Å². The first-order valence-corrected chi connectivity index (χ1v) is 10.6. The number of ether oxygens (including phenoxy) is 1. The van der Waals surface area contributed by atoms with Crippen LogP contribution in [0.15, 0.2) is 42.5 Å². The van der Waals surface area contributed by atoms with E-state index in [-0.39, 0.29) is 12.4 Å². The van der Waals surface area contributed by atoms with E-state index in [0.717, 1.165) is 25.1 Å². The van der Waals surface area contributed by atoms with Gasteiger partial charge in [0.2, 0.25) is 0 Å². The molecule has 0 saturated carbocycles. The predicted octanol–water partition coefficient (Wildman–Crippen LogP) is 1.22. The van der Waals surface area contributed by atoms with Crippen molar-refractivity contribution in [1.82, 2.24) is 25.5 Å². The van der Waals surface area contributed by atoms with Crippen molar-refractivity contribution in [1.29, 1.82) is 0 Å². The molecule has 1 saturated heterocycles. The Morgan fingerprint density at radius 1 is 1.21 bits per heavy atom. The summed E-state index contributed by atoms with van der Waals surface area (Å²) in [5.74, 6) is -1.27. The lowest BCUT2D eigenvalue weighted by Crippen LogP contribution is -2.49. The zero-order chi connectivity index (χ0) is 22.9. The van der Waals surface area contributed by atoms with Gasteiger partial charge in [0.25, 0.3) is 17.6 Å². The van der Waals surface area contributed by atoms with Crippen LogP contribution in [0.1, 0.15) is 22.6 Å². The van der Waals surface area contributed by atoms with Crippen LogP contribution in [0.5, 0.6) is 5.75 Å². The number of likely N-dealkylation sites (N-methyl/N-ethyl adjacent to an activating group) is 1. The molecule has 3 heterocycles. The van der Waals surface area contributed by atoms with Gasteiger partial charge in [0.05, 0.1) is 17.9 Å². The fourth-order valence-electron chi connectivity index (χ4n) is 3.78. The molecule has 11 heteroatoms. The third-order valence-electron chi connectivity index (χ3n) is 5.75. The van der Waals surface area contributed by atoms with E-state index in [9.17, 15) is 14.0 Å². The number of halogens is 1. The Bertz CT molecular complexity index is 1200. The second kappa shape index (κ2) is 8.49. The lowest BCUT2D eigenvalue weighted by Gasteiger charge is -2.34. The molecule has 0 aliphatic carbocycles. The zero-order valence-electron chi connectivity index (χ0n) is 17.9. The highest BCUT2D eigenvalue weighted by Crippen LogP contribution is 2.37. The summed E-state index contributed by atoms with van der Waals surface area (Å²) in [6, 6.07) is 11.4. The highest BCUT2D eigenvalue weighted by Gasteiger charge is 2.33. The number of carbonyl (C=O) groups is 2. The Balaban J connectivity index is 1.29. The summed E-state index contributed by atoms with van der Waals surface area (Å²) in [7, 11) is 1.52. The third kappa shape index (κ3) is 4.09. The first-order valence-electron chi connectivity index (χ1n) is 10.6. The molecule has 0 bridgehead atoms. The first kappa shape index (κ1) is 20.9. The Labute approximate surface area is 188 Å². The number of carbonyl (C=O) groups excluding carboxylic acids is 2. The molecule has 10 nitrogen and oxygen atoms in total. The average molecular weight is 451 g/mol. The van der Waals surface area contributed by atoms with Gasteiger partial charge in [-0.3, -0.25) is 9.59 Å². The summed E-state index contributed by atoms with van der Waals surface area (Å²) in [5, 5.41) is 14.4. The zero-order valence-corrected chi connectivity index (χ0v) is 17.9. The monoisotopic (exact) mass is 451 g/mol. The average Bonchev–Trinajstić information content (AvgIpc) is 3.21. The number of hydrogen-bond donors (Lipinski definition) is 1. The second-order valence-corrected chi connectivity index (χ2v) is 7.98. The van der Waals surface area contributed by atoms with E-state index in [2.05, 4.69) is 20.7 Å². The molecule has 2 amide bonds. The predicted molar refractivity (Wildman–Crippen MR) is 117 cm³/mol. The van der Waals surface area contributed by atoms with Gasteiger partial charge in [0.15, 0.2) is 0 Å². The molecular weight excluding hydrogens is 429 g/mol. The molecule has 0 radical (unpaired) electrons. The highest BCUT2D eigenvalue weighted by atomic mass is 19.1. The van der Waals surface area contributed by atoms with Gasteiger partial charge in [0, 0.05) is 32.3 Å². The molecule has 3 aromatic rings. The summed E-state index contributed by atoms with van der Waals surface area (Å²) in [6.07, 6.45) is 1.01. The van der Waals surface area contributed by atoms with Gasteiger partial charge in [-0.05, 0) is 17.2 Å². The Hall–Kier alpha value is -4.02. The topological polar surface area (TPSA) is 105 Å². The number of anilines is 2. The third-order valence-corrected chi connectivity index (χ3v) is 5.75. The molecule has 0 spiro atoms. The minimum atomic E-state index is -0.994. The van der Waals surface area contributed by atoms with Gasteiger partial charge >= 0.3 is 0 Å². The van der Waals surface area contributed by atoms with Crippen LogP contribution in [0, 0.1) is 5.82 Å². The fraction of sp³-hybridized carbons (Fsp3) is 0.318. The second-order valence-electron chi connectivity index (χ2n) is 7.98. The minimum Gasteiger partial charge on any atom is -0.489 e. The maximum absolute atomic E-state index is 14.6. The van der Waals surface area contributed by atoms with Crippen molar-refractivity contribution >= 4 is 23.2 Å². The Kier molecular flexibility index (Phi) is 5.37. The van der Waals surface area contributed by atoms with Crippen molar-refractivity contribution in [3.05, 3.63) is 59.7 Å². The van der Waals surface area contributed by atoms with Crippen LogP contribution in [0.2, 0.25) is 0 Å². The number of hydrogen-bond acceptors (Lipinski definition) is 7. The van der Waals surface area contributed by atoms with E-state index in [4.69, 9.17) is 4.74 Å². The molecular formula is C22H22FN7O3. The van der Waals surface area contributed by atoms with Crippen molar-refractivity contribution in [2.75, 3.05) is 36.5 Å². The van der Waals surface area contributed by atoms with E-state index < -0.39 is 23.7 Å². The normalized spacial score (nSPS) is 17.6. The van der Waals surface area contributed by atoms with Gasteiger partial charge in [-0.1, -0.05) is 30.3 Å². The number of rotatable bonds is 5. The molecule has 5 rings (SSSR count). The molecule has 1 fully saturated rings. The van der Waals surface area contributed by atoms with E-state index in [0.29, 0.717) is 23.7 Å². The van der Waals surface area contributed by atoms with E-state index in [1.54, 1.807) is 6.07 Å². The van der Waals surface area contributed by atoms with Crippen molar-refractivity contribution in [3.8, 4) is 5.75 Å². The Morgan fingerprint density at radius 2 is 2.00 bits per heavy atom. The number of fused-ring (bicyclic) bond motifs is 1. The van der Waals surface area contributed by atoms with E-state index >= 15 is 0 Å². The standard InChI is InChI=1S/C22H22FN7O3/c1-28-18-10-15(23)17(29-8-5-9-29)11-19(18)33-13-16(22(28)32)24-21(31)20-25-27-30(26-20)12-14-6-3-2-4-7-14/h2-4,6-7,10-11,16H,5,8-9,12-13H2,1H3,(H,24,31)/t16-/m0/s1. The van der Waals surface area contributed by atoms with E-state index in [1.165, 1.54) is 22.8 Å². The van der Waals surface area contributed by atoms with E-state index in [1.807, 2.05) is 35.2 Å². The van der Waals surface area contributed by atoms with Crippen molar-refractivity contribution in [2.24, 2.45) is 0 Å². The van der Waals surface area contributed by atoms with Crippen LogP contribution in [0.4, 0.5) is 15.8 Å². The summed E-state index contributed by atoms with van der Waals surface area (Å²) in [4.78, 5) is 30.1. The lowest BCUT2D eigenvalue weighted by molar-refractivity contribution is -0.120. The quantitative estimate of drug-likeness (QED) is 0.622. The summed E-state index contributed by atoms with van der Waals surface area (Å²) >= 11 is 0. The number of aromatic nitrogens is 4. The number of benzene rings is 2. The van der Waals surface area contributed by atoms with Crippen LogP contribution in [-0.4, -0.2) is 64.8 Å². The highest BCUT2D eigenvalue weighted by molar-refractivity contribution is 6.02. The van der Waals surface area contributed by atoms with Gasteiger partial charge < -0.3 is 19.9 Å². The molecule has 1 atom stereocenters. The summed E-state index contributed by atoms with van der Waals surface area (Å²) in [6.45, 7) is 1.81. The van der Waals surface area contributed by atoms with Crippen LogP contribution >= 0.6 is 0 Å². The van der Waals surface area contributed by atoms with Crippen molar-refractivity contribution in [2.45, 2.75) is 19.0 Å². The van der Waals surface area contributed by atoms with Crippen LogP contribution < -0.4 is 19.9 Å². The Morgan fingerprint density at radius 3 is 2.73 bits per heavy atom. The number of tetrazole rings is 1. The molecule has 1 aromatic heterocycles. The van der Waals surface area contributed by atoms with Gasteiger partial charge in [-0.25, -0.2) is 4.39 Å². The molecule has 2 aliphatic rings. The molecule has 33 heavy (non-hydrogen) atoms. The molecule has 0 unspecified atom stereocenters. The SMILES string of the molecule is CN1C(=O)[C@@H](NC(=O)c2nnn(Cc3ccccc3)n2)COc2cc(N3CCC3)c(F)cc21. The van der Waals surface area contributed by atoms with Gasteiger partial charge in [-0.2, -0.15) is 4.80 Å².